The summed E-state index contributed by atoms with van der Waals surface area (Å²) in [5, 5.41) is 0. The monoisotopic (exact) mass is 205 g/mol. The molecule has 3 atom stereocenters. The van der Waals surface area contributed by atoms with Crippen LogP contribution in [0.2, 0.25) is 0 Å². The minimum absolute atomic E-state index is 0.375. The highest BCUT2D eigenvalue weighted by atomic mass is 16.2. The maximum absolute atomic E-state index is 11.9. The summed E-state index contributed by atoms with van der Waals surface area (Å²) in [6.45, 7) is 5.51. The molecular weight excluding hydrogens is 186 g/mol. The molecular formula is C13H19NO. The molecule has 2 nitrogen and oxygen atoms in total. The summed E-state index contributed by atoms with van der Waals surface area (Å²) in [4.78, 5) is 13.8. The summed E-state index contributed by atoms with van der Waals surface area (Å²) >= 11 is 0. The highest BCUT2D eigenvalue weighted by Gasteiger charge is 2.41. The van der Waals surface area contributed by atoms with Crippen molar-refractivity contribution in [3.8, 4) is 0 Å². The third kappa shape index (κ3) is 1.60. The molecule has 0 spiro atoms. The molecule has 3 rings (SSSR count). The van der Waals surface area contributed by atoms with E-state index in [4.69, 9.17) is 0 Å². The Kier molecular flexibility index (Phi) is 2.11. The number of likely N-dealkylation sites (tertiary alicyclic amines) is 1. The van der Waals surface area contributed by atoms with Crippen LogP contribution in [0.1, 0.15) is 32.1 Å². The fraction of sp³-hybridized carbons (Fsp3) is 0.769. The van der Waals surface area contributed by atoms with E-state index in [9.17, 15) is 4.79 Å². The van der Waals surface area contributed by atoms with Gasteiger partial charge in [0.2, 0.25) is 5.91 Å². The third-order valence-corrected chi connectivity index (χ3v) is 4.50. The van der Waals surface area contributed by atoms with Gasteiger partial charge in [-0.2, -0.15) is 0 Å². The van der Waals surface area contributed by atoms with Crippen LogP contribution in [0.5, 0.6) is 0 Å². The highest BCUT2D eigenvalue weighted by molar-refractivity contribution is 5.78. The zero-order chi connectivity index (χ0) is 10.4. The fourth-order valence-corrected chi connectivity index (χ4v) is 3.65. The molecule has 2 aliphatic carbocycles. The molecule has 0 aromatic rings. The number of fused-ring (bicyclic) bond motifs is 2. The molecule has 0 N–H and O–H groups in total. The molecule has 2 heteroatoms. The summed E-state index contributed by atoms with van der Waals surface area (Å²) in [7, 11) is 0. The van der Waals surface area contributed by atoms with Gasteiger partial charge in [-0.1, -0.05) is 13.0 Å². The van der Waals surface area contributed by atoms with Gasteiger partial charge in [0.1, 0.15) is 0 Å². The van der Waals surface area contributed by atoms with Crippen LogP contribution in [0, 0.1) is 17.8 Å². The number of carbonyl (C=O) groups is 1. The van der Waals surface area contributed by atoms with Crippen LogP contribution in [-0.4, -0.2) is 23.9 Å². The summed E-state index contributed by atoms with van der Waals surface area (Å²) in [6.07, 6.45) is 6.36. The Morgan fingerprint density at radius 2 is 2.13 bits per heavy atom. The number of carbonyl (C=O) groups excluding carboxylic acids is 1. The predicted octanol–water partition coefficient (Wildman–Crippen LogP) is 2.21. The average Bonchev–Trinajstić information content (AvgIpc) is 2.73. The SMILES string of the molecule is C=C1CN(C(=O)CC2CC3CCC2C3)C1. The van der Waals surface area contributed by atoms with Crippen molar-refractivity contribution in [1.82, 2.24) is 4.90 Å². The van der Waals surface area contributed by atoms with E-state index in [0.29, 0.717) is 11.8 Å². The van der Waals surface area contributed by atoms with Crippen LogP contribution in [-0.2, 0) is 4.79 Å². The maximum Gasteiger partial charge on any atom is 0.223 e. The van der Waals surface area contributed by atoms with Gasteiger partial charge in [-0.15, -0.1) is 0 Å². The van der Waals surface area contributed by atoms with Crippen molar-refractivity contribution in [3.05, 3.63) is 12.2 Å². The summed E-state index contributed by atoms with van der Waals surface area (Å²) in [5.74, 6) is 2.92. The summed E-state index contributed by atoms with van der Waals surface area (Å²) < 4.78 is 0. The second-order valence-corrected chi connectivity index (χ2v) is 5.64. The number of amides is 1. The van der Waals surface area contributed by atoms with E-state index in [1.54, 1.807) is 0 Å². The van der Waals surface area contributed by atoms with Gasteiger partial charge < -0.3 is 4.90 Å². The van der Waals surface area contributed by atoms with Gasteiger partial charge in [-0.25, -0.2) is 0 Å². The molecule has 0 aromatic heterocycles. The van der Waals surface area contributed by atoms with Crippen molar-refractivity contribution in [2.75, 3.05) is 13.1 Å². The van der Waals surface area contributed by atoms with Crippen LogP contribution in [0.3, 0.4) is 0 Å². The van der Waals surface area contributed by atoms with E-state index >= 15 is 0 Å². The van der Waals surface area contributed by atoms with Crippen molar-refractivity contribution >= 4 is 5.91 Å². The van der Waals surface area contributed by atoms with E-state index in [1.165, 1.54) is 31.3 Å². The first kappa shape index (κ1) is 9.44. The fourth-order valence-electron chi connectivity index (χ4n) is 3.65. The molecule has 2 bridgehead atoms. The molecule has 3 fully saturated rings. The van der Waals surface area contributed by atoms with Crippen molar-refractivity contribution in [1.29, 1.82) is 0 Å². The summed E-state index contributed by atoms with van der Waals surface area (Å²) in [5.41, 5.74) is 1.20. The minimum atomic E-state index is 0.375. The number of hydrogen-bond donors (Lipinski definition) is 0. The van der Waals surface area contributed by atoms with Crippen LogP contribution >= 0.6 is 0 Å². The lowest BCUT2D eigenvalue weighted by molar-refractivity contribution is -0.133. The van der Waals surface area contributed by atoms with Crippen LogP contribution in [0.25, 0.3) is 0 Å². The van der Waals surface area contributed by atoms with E-state index in [1.807, 2.05) is 4.90 Å². The van der Waals surface area contributed by atoms with Gasteiger partial charge in [-0.05, 0) is 42.6 Å². The van der Waals surface area contributed by atoms with E-state index in [0.717, 1.165) is 31.3 Å². The number of hydrogen-bond acceptors (Lipinski definition) is 1. The first-order chi connectivity index (χ1) is 7.22. The van der Waals surface area contributed by atoms with E-state index in [2.05, 4.69) is 6.58 Å². The quantitative estimate of drug-likeness (QED) is 0.633. The highest BCUT2D eigenvalue weighted by Crippen LogP contribution is 2.49. The third-order valence-electron chi connectivity index (χ3n) is 4.50. The minimum Gasteiger partial charge on any atom is -0.335 e. The van der Waals surface area contributed by atoms with Gasteiger partial charge >= 0.3 is 0 Å². The molecule has 2 saturated carbocycles. The van der Waals surface area contributed by atoms with Gasteiger partial charge in [0.15, 0.2) is 0 Å². The van der Waals surface area contributed by atoms with Gasteiger partial charge in [-0.3, -0.25) is 4.79 Å². The first-order valence-electron chi connectivity index (χ1n) is 6.17. The Bertz CT molecular complexity index is 302. The lowest BCUT2D eigenvalue weighted by Crippen LogP contribution is -2.44. The van der Waals surface area contributed by atoms with Crippen molar-refractivity contribution in [2.45, 2.75) is 32.1 Å². The smallest absolute Gasteiger partial charge is 0.223 e. The largest absolute Gasteiger partial charge is 0.335 e. The Morgan fingerprint density at radius 3 is 2.67 bits per heavy atom. The van der Waals surface area contributed by atoms with E-state index in [-0.39, 0.29) is 0 Å². The van der Waals surface area contributed by atoms with Gasteiger partial charge in [0.25, 0.3) is 0 Å². The molecule has 0 radical (unpaired) electrons. The molecule has 3 aliphatic rings. The second-order valence-electron chi connectivity index (χ2n) is 5.64. The Hall–Kier alpha value is -0.790. The zero-order valence-corrected chi connectivity index (χ0v) is 9.24. The van der Waals surface area contributed by atoms with Gasteiger partial charge in [0, 0.05) is 19.5 Å². The lowest BCUT2D eigenvalue weighted by atomic mass is 9.86. The number of rotatable bonds is 2. The standard InChI is InChI=1S/C13H19NO/c1-9-7-14(8-9)13(15)6-12-5-10-2-3-11(12)4-10/h10-12H,1-8H2. The molecule has 1 amide bonds. The maximum atomic E-state index is 11.9. The van der Waals surface area contributed by atoms with Crippen LogP contribution < -0.4 is 0 Å². The first-order valence-corrected chi connectivity index (χ1v) is 6.17. The van der Waals surface area contributed by atoms with Crippen LogP contribution in [0.4, 0.5) is 0 Å². The molecule has 1 heterocycles. The van der Waals surface area contributed by atoms with Crippen molar-refractivity contribution in [3.63, 3.8) is 0 Å². The molecule has 3 unspecified atom stereocenters. The Labute approximate surface area is 91.3 Å². The topological polar surface area (TPSA) is 20.3 Å². The lowest BCUT2D eigenvalue weighted by Gasteiger charge is -2.35. The zero-order valence-electron chi connectivity index (χ0n) is 9.24. The molecule has 1 aliphatic heterocycles. The van der Waals surface area contributed by atoms with Crippen LogP contribution in [0.15, 0.2) is 12.2 Å². The normalized spacial score (nSPS) is 38.3. The van der Waals surface area contributed by atoms with Crippen molar-refractivity contribution < 1.29 is 4.79 Å². The van der Waals surface area contributed by atoms with Crippen molar-refractivity contribution in [2.24, 2.45) is 17.8 Å². The molecule has 82 valence electrons. The predicted molar refractivity (Wildman–Crippen MR) is 59.3 cm³/mol. The summed E-state index contributed by atoms with van der Waals surface area (Å²) in [6, 6.07) is 0. The Balaban J connectivity index is 1.53. The number of nitrogens with zero attached hydrogens (tertiary/aromatic N) is 1. The second kappa shape index (κ2) is 3.36. The molecule has 0 aromatic carbocycles. The molecule has 15 heavy (non-hydrogen) atoms. The van der Waals surface area contributed by atoms with E-state index < -0.39 is 0 Å². The van der Waals surface area contributed by atoms with Gasteiger partial charge in [0.05, 0.1) is 0 Å². The molecule has 1 saturated heterocycles. The Morgan fingerprint density at radius 1 is 1.33 bits per heavy atom. The average molecular weight is 205 g/mol.